The molecule has 0 spiro atoms. The van der Waals surface area contributed by atoms with Gasteiger partial charge in [0.05, 0.1) is 0 Å². The molecule has 3 aromatic heterocycles. The number of halogens is 1. The average molecular weight is 234 g/mol. The van der Waals surface area contributed by atoms with Gasteiger partial charge in [-0.1, -0.05) is 6.07 Å². The van der Waals surface area contributed by atoms with Crippen LogP contribution in [-0.2, 0) is 0 Å². The quantitative estimate of drug-likeness (QED) is 0.649. The van der Waals surface area contributed by atoms with Gasteiger partial charge in [0.2, 0.25) is 5.82 Å². The Kier molecular flexibility index (Phi) is 1.97. The molecule has 0 unspecified atom stereocenters. The first-order valence-corrected chi connectivity index (χ1v) is 5.20. The molecule has 0 radical (unpaired) electrons. The number of fused-ring (bicyclic) bond motifs is 1. The first-order valence-electron chi connectivity index (χ1n) is 4.82. The normalized spacial score (nSPS) is 11.1. The molecule has 0 N–H and O–H groups in total. The summed E-state index contributed by atoms with van der Waals surface area (Å²) in [6, 6.07) is 9.24. The molecule has 16 heavy (non-hydrogen) atoms. The van der Waals surface area contributed by atoms with E-state index < -0.39 is 0 Å². The molecule has 80 valence electrons. The first-order chi connectivity index (χ1) is 7.74. The number of nitrogens with zero attached hydrogens (tertiary/aromatic N) is 3. The van der Waals surface area contributed by atoms with E-state index in [9.17, 15) is 0 Å². The Labute approximate surface area is 96.5 Å². The van der Waals surface area contributed by atoms with Gasteiger partial charge < -0.3 is 4.42 Å². The summed E-state index contributed by atoms with van der Waals surface area (Å²) in [6.07, 6.45) is 0. The van der Waals surface area contributed by atoms with Crippen LogP contribution in [0.15, 0.2) is 34.7 Å². The molecule has 0 saturated carbocycles. The Balaban J connectivity index is 2.22. The summed E-state index contributed by atoms with van der Waals surface area (Å²) >= 11 is 5.71. The van der Waals surface area contributed by atoms with Crippen LogP contribution in [0.1, 0.15) is 5.69 Å². The molecule has 0 aliphatic rings. The number of aryl methyl sites for hydroxylation is 1. The van der Waals surface area contributed by atoms with Crippen LogP contribution in [0.3, 0.4) is 0 Å². The Morgan fingerprint density at radius 2 is 2.12 bits per heavy atom. The van der Waals surface area contributed by atoms with E-state index in [1.54, 1.807) is 16.6 Å². The third-order valence-corrected chi connectivity index (χ3v) is 2.55. The average Bonchev–Trinajstić information content (AvgIpc) is 2.84. The highest BCUT2D eigenvalue weighted by molar-refractivity contribution is 6.28. The van der Waals surface area contributed by atoms with Crippen molar-refractivity contribution in [2.75, 3.05) is 0 Å². The van der Waals surface area contributed by atoms with E-state index in [0.29, 0.717) is 16.8 Å². The van der Waals surface area contributed by atoms with Crippen LogP contribution in [0, 0.1) is 6.92 Å². The first kappa shape index (κ1) is 9.42. The maximum absolute atomic E-state index is 5.71. The highest BCUT2D eigenvalue weighted by Gasteiger charge is 2.10. The van der Waals surface area contributed by atoms with E-state index in [0.717, 1.165) is 11.3 Å². The van der Waals surface area contributed by atoms with Gasteiger partial charge in [0, 0.05) is 5.69 Å². The Hall–Kier alpha value is -1.81. The minimum absolute atomic E-state index is 0.338. The largest absolute Gasteiger partial charge is 0.441 e. The van der Waals surface area contributed by atoms with Gasteiger partial charge in [-0.3, -0.25) is 0 Å². The van der Waals surface area contributed by atoms with Crippen molar-refractivity contribution in [2.45, 2.75) is 6.92 Å². The minimum atomic E-state index is 0.338. The second-order valence-electron chi connectivity index (χ2n) is 3.48. The predicted octanol–water partition coefficient (Wildman–Crippen LogP) is 2.95. The Bertz CT molecular complexity index is 656. The van der Waals surface area contributed by atoms with E-state index >= 15 is 0 Å². The molecule has 4 nitrogen and oxygen atoms in total. The van der Waals surface area contributed by atoms with Gasteiger partial charge in [0.1, 0.15) is 0 Å². The molecular formula is C11H8ClN3O. The van der Waals surface area contributed by atoms with Crippen molar-refractivity contribution in [3.8, 4) is 11.6 Å². The second-order valence-corrected chi connectivity index (χ2v) is 3.85. The van der Waals surface area contributed by atoms with Crippen molar-refractivity contribution in [3.05, 3.63) is 41.2 Å². The van der Waals surface area contributed by atoms with Crippen molar-refractivity contribution in [1.29, 1.82) is 0 Å². The van der Waals surface area contributed by atoms with Crippen LogP contribution < -0.4 is 0 Å². The zero-order chi connectivity index (χ0) is 11.1. The third kappa shape index (κ3) is 1.39. The molecule has 3 rings (SSSR count). The summed E-state index contributed by atoms with van der Waals surface area (Å²) in [5.74, 6) is 1.12. The summed E-state index contributed by atoms with van der Waals surface area (Å²) in [6.45, 7) is 1.97. The Morgan fingerprint density at radius 3 is 2.81 bits per heavy atom. The standard InChI is InChI=1S/C11H8ClN3O/c1-7-3-2-4-10-13-11(14-15(7)10)8-5-6-9(12)16-8/h2-6H,1H3. The number of aromatic nitrogens is 3. The van der Waals surface area contributed by atoms with Crippen molar-refractivity contribution in [1.82, 2.24) is 14.6 Å². The van der Waals surface area contributed by atoms with E-state index in [1.165, 1.54) is 0 Å². The van der Waals surface area contributed by atoms with Gasteiger partial charge in [-0.15, -0.1) is 5.10 Å². The minimum Gasteiger partial charge on any atom is -0.441 e. The second kappa shape index (κ2) is 3.35. The van der Waals surface area contributed by atoms with Crippen molar-refractivity contribution >= 4 is 17.2 Å². The van der Waals surface area contributed by atoms with Gasteiger partial charge in [0.25, 0.3) is 0 Å². The molecule has 3 aromatic rings. The molecule has 0 amide bonds. The number of furan rings is 1. The van der Waals surface area contributed by atoms with Crippen LogP contribution >= 0.6 is 11.6 Å². The zero-order valence-electron chi connectivity index (χ0n) is 8.51. The van der Waals surface area contributed by atoms with Gasteiger partial charge in [-0.05, 0) is 42.8 Å². The lowest BCUT2D eigenvalue weighted by Crippen LogP contribution is -1.91. The fourth-order valence-electron chi connectivity index (χ4n) is 1.57. The topological polar surface area (TPSA) is 43.3 Å². The molecule has 3 heterocycles. The monoisotopic (exact) mass is 233 g/mol. The summed E-state index contributed by atoms with van der Waals surface area (Å²) < 4.78 is 7.04. The number of hydrogen-bond acceptors (Lipinski definition) is 3. The molecule has 0 aliphatic heterocycles. The third-order valence-electron chi connectivity index (χ3n) is 2.34. The highest BCUT2D eigenvalue weighted by atomic mass is 35.5. The van der Waals surface area contributed by atoms with Crippen LogP contribution in [0.5, 0.6) is 0 Å². The van der Waals surface area contributed by atoms with Gasteiger partial charge in [0.15, 0.2) is 16.6 Å². The summed E-state index contributed by atoms with van der Waals surface area (Å²) in [7, 11) is 0. The van der Waals surface area contributed by atoms with Crippen molar-refractivity contribution < 1.29 is 4.42 Å². The molecule has 0 bridgehead atoms. The maximum Gasteiger partial charge on any atom is 0.217 e. The maximum atomic E-state index is 5.71. The van der Waals surface area contributed by atoms with Crippen LogP contribution in [-0.4, -0.2) is 14.6 Å². The number of rotatable bonds is 1. The van der Waals surface area contributed by atoms with Crippen LogP contribution in [0.25, 0.3) is 17.2 Å². The van der Waals surface area contributed by atoms with E-state index in [4.69, 9.17) is 16.0 Å². The lowest BCUT2D eigenvalue weighted by molar-refractivity contribution is 0.579. The molecule has 5 heteroatoms. The van der Waals surface area contributed by atoms with E-state index in [1.807, 2.05) is 25.1 Å². The smallest absolute Gasteiger partial charge is 0.217 e. The highest BCUT2D eigenvalue weighted by Crippen LogP contribution is 2.22. The fourth-order valence-corrected chi connectivity index (χ4v) is 1.72. The van der Waals surface area contributed by atoms with E-state index in [-0.39, 0.29) is 0 Å². The van der Waals surface area contributed by atoms with Gasteiger partial charge >= 0.3 is 0 Å². The SMILES string of the molecule is Cc1cccc2nc(-c3ccc(Cl)o3)nn12. The number of pyridine rings is 1. The van der Waals surface area contributed by atoms with Crippen LogP contribution in [0.4, 0.5) is 0 Å². The molecule has 0 atom stereocenters. The fraction of sp³-hybridized carbons (Fsp3) is 0.0909. The van der Waals surface area contributed by atoms with Gasteiger partial charge in [-0.25, -0.2) is 9.50 Å². The summed E-state index contributed by atoms with van der Waals surface area (Å²) in [5.41, 5.74) is 1.82. The number of hydrogen-bond donors (Lipinski definition) is 0. The molecular weight excluding hydrogens is 226 g/mol. The summed E-state index contributed by atoms with van der Waals surface area (Å²) in [5, 5.41) is 4.69. The van der Waals surface area contributed by atoms with Crippen molar-refractivity contribution in [2.24, 2.45) is 0 Å². The van der Waals surface area contributed by atoms with Crippen LogP contribution in [0.2, 0.25) is 5.22 Å². The zero-order valence-corrected chi connectivity index (χ0v) is 9.27. The predicted molar refractivity (Wildman–Crippen MR) is 60.4 cm³/mol. The summed E-state index contributed by atoms with van der Waals surface area (Å²) in [4.78, 5) is 4.36. The molecule has 0 saturated heterocycles. The van der Waals surface area contributed by atoms with Gasteiger partial charge in [-0.2, -0.15) is 0 Å². The van der Waals surface area contributed by atoms with E-state index in [2.05, 4.69) is 10.1 Å². The molecule has 0 fully saturated rings. The lowest BCUT2D eigenvalue weighted by atomic mass is 10.4. The Morgan fingerprint density at radius 1 is 1.25 bits per heavy atom. The van der Waals surface area contributed by atoms with Crippen molar-refractivity contribution in [3.63, 3.8) is 0 Å². The molecule has 0 aliphatic carbocycles. The lowest BCUT2D eigenvalue weighted by Gasteiger charge is -1.93. The molecule has 0 aromatic carbocycles.